The topological polar surface area (TPSA) is 35.2 Å². The van der Waals surface area contributed by atoms with Gasteiger partial charge in [-0.1, -0.05) is 48.5 Å². The zero-order valence-corrected chi connectivity index (χ0v) is 9.59. The molecular formula is C14H13F2NO. The van der Waals surface area contributed by atoms with E-state index in [9.17, 15) is 8.78 Å². The van der Waals surface area contributed by atoms with E-state index in [1.54, 1.807) is 18.2 Å². The Hall–Kier alpha value is -1.94. The zero-order chi connectivity index (χ0) is 13.0. The lowest BCUT2D eigenvalue weighted by atomic mass is 9.99. The summed E-state index contributed by atoms with van der Waals surface area (Å²) in [4.78, 5) is 0. The van der Waals surface area contributed by atoms with Crippen LogP contribution in [0.15, 0.2) is 54.6 Å². The summed E-state index contributed by atoms with van der Waals surface area (Å²) in [6.07, 6.45) is 0. The first kappa shape index (κ1) is 12.5. The van der Waals surface area contributed by atoms with Gasteiger partial charge in [-0.3, -0.25) is 0 Å². The van der Waals surface area contributed by atoms with Crippen molar-refractivity contribution in [2.45, 2.75) is 12.7 Å². The smallest absolute Gasteiger partial charge is 0.387 e. The second-order valence-electron chi connectivity index (χ2n) is 3.80. The number of para-hydroxylation sites is 1. The van der Waals surface area contributed by atoms with E-state index in [2.05, 4.69) is 4.74 Å². The summed E-state index contributed by atoms with van der Waals surface area (Å²) in [6, 6.07) is 15.4. The molecule has 18 heavy (non-hydrogen) atoms. The van der Waals surface area contributed by atoms with Gasteiger partial charge in [-0.15, -0.1) is 0 Å². The van der Waals surface area contributed by atoms with E-state index in [4.69, 9.17) is 5.73 Å². The molecule has 1 unspecified atom stereocenters. The Morgan fingerprint density at radius 2 is 1.50 bits per heavy atom. The summed E-state index contributed by atoms with van der Waals surface area (Å²) in [7, 11) is 0. The molecular weight excluding hydrogens is 236 g/mol. The third-order valence-corrected chi connectivity index (χ3v) is 2.63. The van der Waals surface area contributed by atoms with Crippen molar-refractivity contribution in [3.8, 4) is 5.75 Å². The lowest BCUT2D eigenvalue weighted by Crippen LogP contribution is -2.14. The van der Waals surface area contributed by atoms with Crippen LogP contribution in [0.3, 0.4) is 0 Å². The molecule has 0 spiro atoms. The Kier molecular flexibility index (Phi) is 3.89. The maximum Gasteiger partial charge on any atom is 0.387 e. The number of ether oxygens (including phenoxy) is 1. The molecule has 0 saturated carbocycles. The fourth-order valence-corrected chi connectivity index (χ4v) is 1.78. The molecule has 4 heteroatoms. The molecule has 0 saturated heterocycles. The van der Waals surface area contributed by atoms with E-state index in [-0.39, 0.29) is 5.75 Å². The highest BCUT2D eigenvalue weighted by molar-refractivity contribution is 5.41. The molecule has 0 aliphatic rings. The first-order valence-corrected chi connectivity index (χ1v) is 5.52. The van der Waals surface area contributed by atoms with Crippen molar-refractivity contribution in [2.75, 3.05) is 0 Å². The minimum absolute atomic E-state index is 0.115. The lowest BCUT2D eigenvalue weighted by Gasteiger charge is -2.16. The van der Waals surface area contributed by atoms with Crippen molar-refractivity contribution in [3.63, 3.8) is 0 Å². The molecule has 94 valence electrons. The number of nitrogens with two attached hydrogens (primary N) is 1. The van der Waals surface area contributed by atoms with Crippen LogP contribution in [0.1, 0.15) is 17.2 Å². The maximum atomic E-state index is 12.3. The van der Waals surface area contributed by atoms with Crippen molar-refractivity contribution in [2.24, 2.45) is 5.73 Å². The molecule has 0 radical (unpaired) electrons. The molecule has 0 heterocycles. The van der Waals surface area contributed by atoms with Gasteiger partial charge in [0.2, 0.25) is 0 Å². The van der Waals surface area contributed by atoms with Gasteiger partial charge in [-0.2, -0.15) is 8.78 Å². The Labute approximate surface area is 104 Å². The first-order chi connectivity index (χ1) is 8.68. The quantitative estimate of drug-likeness (QED) is 0.902. The minimum atomic E-state index is -2.85. The van der Waals surface area contributed by atoms with E-state index in [0.29, 0.717) is 5.56 Å². The molecule has 0 aromatic heterocycles. The summed E-state index contributed by atoms with van der Waals surface area (Å²) >= 11 is 0. The molecule has 2 aromatic carbocycles. The molecule has 2 aromatic rings. The highest BCUT2D eigenvalue weighted by atomic mass is 19.3. The summed E-state index contributed by atoms with van der Waals surface area (Å²) in [5, 5.41) is 0. The van der Waals surface area contributed by atoms with Crippen LogP contribution in [0.25, 0.3) is 0 Å². The third-order valence-electron chi connectivity index (χ3n) is 2.63. The van der Waals surface area contributed by atoms with Gasteiger partial charge in [0, 0.05) is 5.56 Å². The molecule has 0 fully saturated rings. The van der Waals surface area contributed by atoms with Crippen LogP contribution in [0, 0.1) is 0 Å². The van der Waals surface area contributed by atoms with Crippen LogP contribution < -0.4 is 10.5 Å². The summed E-state index contributed by atoms with van der Waals surface area (Å²) in [5.41, 5.74) is 7.46. The lowest BCUT2D eigenvalue weighted by molar-refractivity contribution is -0.0505. The van der Waals surface area contributed by atoms with E-state index in [1.807, 2.05) is 30.3 Å². The van der Waals surface area contributed by atoms with Crippen molar-refractivity contribution in [1.29, 1.82) is 0 Å². The summed E-state index contributed by atoms with van der Waals surface area (Å²) in [5.74, 6) is 0.115. The standard InChI is InChI=1S/C14H13F2NO/c15-14(16)18-12-9-5-4-8-11(12)13(17)10-6-2-1-3-7-10/h1-9,13-14H,17H2. The molecule has 0 bridgehead atoms. The number of rotatable bonds is 4. The molecule has 0 aliphatic carbocycles. The number of alkyl halides is 2. The fraction of sp³-hybridized carbons (Fsp3) is 0.143. The van der Waals surface area contributed by atoms with E-state index in [0.717, 1.165) is 5.56 Å². The summed E-state index contributed by atoms with van der Waals surface area (Å²) in [6.45, 7) is -2.85. The Bertz CT molecular complexity index is 502. The van der Waals surface area contributed by atoms with Gasteiger partial charge in [0.15, 0.2) is 0 Å². The molecule has 1 atom stereocenters. The molecule has 0 amide bonds. The van der Waals surface area contributed by atoms with Crippen molar-refractivity contribution >= 4 is 0 Å². The number of halogens is 2. The average molecular weight is 249 g/mol. The highest BCUT2D eigenvalue weighted by Crippen LogP contribution is 2.29. The van der Waals surface area contributed by atoms with Crippen LogP contribution in [-0.2, 0) is 0 Å². The van der Waals surface area contributed by atoms with Gasteiger partial charge in [0.05, 0.1) is 6.04 Å². The number of hydrogen-bond donors (Lipinski definition) is 1. The average Bonchev–Trinajstić information content (AvgIpc) is 2.39. The van der Waals surface area contributed by atoms with E-state index >= 15 is 0 Å². The van der Waals surface area contributed by atoms with E-state index in [1.165, 1.54) is 6.07 Å². The number of benzene rings is 2. The van der Waals surface area contributed by atoms with Crippen LogP contribution >= 0.6 is 0 Å². The molecule has 0 aliphatic heterocycles. The predicted octanol–water partition coefficient (Wildman–Crippen LogP) is 3.34. The molecule has 2 nitrogen and oxygen atoms in total. The largest absolute Gasteiger partial charge is 0.434 e. The van der Waals surface area contributed by atoms with Gasteiger partial charge in [0.25, 0.3) is 0 Å². The Morgan fingerprint density at radius 1 is 0.889 bits per heavy atom. The van der Waals surface area contributed by atoms with Gasteiger partial charge in [-0.05, 0) is 11.6 Å². The van der Waals surface area contributed by atoms with Gasteiger partial charge < -0.3 is 10.5 Å². The number of hydrogen-bond acceptors (Lipinski definition) is 2. The van der Waals surface area contributed by atoms with Crippen LogP contribution in [0.4, 0.5) is 8.78 Å². The zero-order valence-electron chi connectivity index (χ0n) is 9.59. The SMILES string of the molecule is NC(c1ccccc1)c1ccccc1OC(F)F. The normalized spacial score (nSPS) is 12.4. The molecule has 2 N–H and O–H groups in total. The van der Waals surface area contributed by atoms with Crippen molar-refractivity contribution in [3.05, 3.63) is 65.7 Å². The molecule has 2 rings (SSSR count). The maximum absolute atomic E-state index is 12.3. The van der Waals surface area contributed by atoms with E-state index < -0.39 is 12.7 Å². The van der Waals surface area contributed by atoms with Crippen LogP contribution in [0.2, 0.25) is 0 Å². The second-order valence-corrected chi connectivity index (χ2v) is 3.80. The van der Waals surface area contributed by atoms with Crippen LogP contribution in [-0.4, -0.2) is 6.61 Å². The Morgan fingerprint density at radius 3 is 2.17 bits per heavy atom. The highest BCUT2D eigenvalue weighted by Gasteiger charge is 2.15. The van der Waals surface area contributed by atoms with Gasteiger partial charge in [0.1, 0.15) is 5.75 Å². The first-order valence-electron chi connectivity index (χ1n) is 5.52. The fourth-order valence-electron chi connectivity index (χ4n) is 1.78. The predicted molar refractivity (Wildman–Crippen MR) is 65.5 cm³/mol. The monoisotopic (exact) mass is 249 g/mol. The van der Waals surface area contributed by atoms with Crippen molar-refractivity contribution in [1.82, 2.24) is 0 Å². The van der Waals surface area contributed by atoms with Gasteiger partial charge in [-0.25, -0.2) is 0 Å². The van der Waals surface area contributed by atoms with Crippen molar-refractivity contribution < 1.29 is 13.5 Å². The third kappa shape index (κ3) is 2.84. The second kappa shape index (κ2) is 5.60. The summed E-state index contributed by atoms with van der Waals surface area (Å²) < 4.78 is 29.1. The minimum Gasteiger partial charge on any atom is -0.434 e. The van der Waals surface area contributed by atoms with Crippen LogP contribution in [0.5, 0.6) is 5.75 Å². The van der Waals surface area contributed by atoms with Gasteiger partial charge >= 0.3 is 6.61 Å². The Balaban J connectivity index is 2.33.